The second kappa shape index (κ2) is 7.94. The summed E-state index contributed by atoms with van der Waals surface area (Å²) in [5, 5.41) is 9.34. The quantitative estimate of drug-likeness (QED) is 0.589. The lowest BCUT2D eigenvalue weighted by Gasteiger charge is -2.38. The van der Waals surface area contributed by atoms with E-state index in [-0.39, 0.29) is 17.6 Å². The molecule has 5 nitrogen and oxygen atoms in total. The van der Waals surface area contributed by atoms with Crippen LogP contribution in [0.15, 0.2) is 30.3 Å². The number of rotatable bonds is 7. The fraction of sp³-hybridized carbons (Fsp3) is 0.556. The van der Waals surface area contributed by atoms with Crippen LogP contribution in [0.5, 0.6) is 0 Å². The molecule has 0 aliphatic heterocycles. The molecule has 0 radical (unpaired) electrons. The van der Waals surface area contributed by atoms with Crippen LogP contribution in [0.4, 0.5) is 0 Å². The highest BCUT2D eigenvalue weighted by molar-refractivity contribution is 6.74. The molecule has 24 heavy (non-hydrogen) atoms. The number of hydrogen-bond donors (Lipinski definition) is 1. The van der Waals surface area contributed by atoms with Gasteiger partial charge >= 0.3 is 11.9 Å². The number of carbonyl (C=O) groups excluding carboxylic acids is 1. The van der Waals surface area contributed by atoms with Gasteiger partial charge in [0.25, 0.3) is 0 Å². The second-order valence-corrected chi connectivity index (χ2v) is 12.3. The van der Waals surface area contributed by atoms with E-state index < -0.39 is 26.4 Å². The van der Waals surface area contributed by atoms with Crippen molar-refractivity contribution in [3.63, 3.8) is 0 Å². The number of aliphatic carboxylic acids is 1. The highest BCUT2D eigenvalue weighted by Crippen LogP contribution is 2.37. The fourth-order valence-electron chi connectivity index (χ4n) is 2.02. The van der Waals surface area contributed by atoms with E-state index in [9.17, 15) is 14.7 Å². The van der Waals surface area contributed by atoms with Crippen LogP contribution >= 0.6 is 0 Å². The maximum atomic E-state index is 12.1. The summed E-state index contributed by atoms with van der Waals surface area (Å²) in [5.74, 6) is -1.76. The summed E-state index contributed by atoms with van der Waals surface area (Å²) >= 11 is 0. The zero-order valence-electron chi connectivity index (χ0n) is 15.3. The first-order chi connectivity index (χ1) is 10.9. The van der Waals surface area contributed by atoms with Gasteiger partial charge in [-0.25, -0.2) is 4.79 Å². The molecule has 0 aromatic heterocycles. The van der Waals surface area contributed by atoms with Gasteiger partial charge in [-0.2, -0.15) is 0 Å². The number of ether oxygens (including phenoxy) is 1. The summed E-state index contributed by atoms with van der Waals surface area (Å²) in [5.41, 5.74) is 0.441. The molecule has 0 bridgehead atoms. The predicted octanol–water partition coefficient (Wildman–Crippen LogP) is 4.16. The van der Waals surface area contributed by atoms with Crippen molar-refractivity contribution in [1.29, 1.82) is 0 Å². The van der Waals surface area contributed by atoms with E-state index in [1.54, 1.807) is 30.3 Å². The first-order valence-electron chi connectivity index (χ1n) is 8.09. The Morgan fingerprint density at radius 2 is 1.71 bits per heavy atom. The van der Waals surface area contributed by atoms with Crippen molar-refractivity contribution in [3.8, 4) is 0 Å². The highest BCUT2D eigenvalue weighted by Gasteiger charge is 2.39. The van der Waals surface area contributed by atoms with Gasteiger partial charge in [-0.05, 0) is 25.1 Å². The van der Waals surface area contributed by atoms with Crippen molar-refractivity contribution in [2.45, 2.75) is 64.5 Å². The summed E-state index contributed by atoms with van der Waals surface area (Å²) in [6.45, 7) is 12.4. The number of carboxylic acid groups (broad SMARTS) is 1. The van der Waals surface area contributed by atoms with Gasteiger partial charge in [0.1, 0.15) is 0 Å². The number of benzene rings is 1. The van der Waals surface area contributed by atoms with Gasteiger partial charge in [-0.1, -0.05) is 51.1 Å². The van der Waals surface area contributed by atoms with E-state index in [4.69, 9.17) is 9.16 Å². The molecule has 1 N–H and O–H groups in total. The van der Waals surface area contributed by atoms with Crippen molar-refractivity contribution >= 4 is 20.3 Å². The summed E-state index contributed by atoms with van der Waals surface area (Å²) in [7, 11) is -1.98. The monoisotopic (exact) mass is 352 g/mol. The van der Waals surface area contributed by atoms with E-state index in [0.29, 0.717) is 5.56 Å². The number of hydrogen-bond acceptors (Lipinski definition) is 4. The fourth-order valence-corrected chi connectivity index (χ4v) is 3.47. The lowest BCUT2D eigenvalue weighted by atomic mass is 10.1. The molecule has 1 aromatic rings. The molecule has 0 heterocycles. The zero-order valence-corrected chi connectivity index (χ0v) is 16.3. The first kappa shape index (κ1) is 20.4. The minimum absolute atomic E-state index is 0.0309. The van der Waals surface area contributed by atoms with Gasteiger partial charge in [-0.3, -0.25) is 4.79 Å². The molecule has 134 valence electrons. The minimum Gasteiger partial charge on any atom is -0.478 e. The normalized spacial score (nSPS) is 14.8. The predicted molar refractivity (Wildman–Crippen MR) is 95.3 cm³/mol. The molecule has 1 rings (SSSR count). The number of carbonyl (C=O) groups is 2. The maximum Gasteiger partial charge on any atom is 0.349 e. The van der Waals surface area contributed by atoms with Crippen LogP contribution in [0, 0.1) is 0 Å². The highest BCUT2D eigenvalue weighted by atomic mass is 28.4. The van der Waals surface area contributed by atoms with E-state index in [1.807, 2.05) is 6.92 Å². The SMILES string of the molecule is C[C@H](CC(=O)O[C@@H](C(=O)O)c1ccccc1)O[Si](C)(C)C(C)(C)C. The molecular weight excluding hydrogens is 324 g/mol. The standard InChI is InChI=1S/C18H28O5Si/c1-13(23-24(5,6)18(2,3)4)12-15(19)22-16(17(20)21)14-10-8-7-9-11-14/h7-11,13,16H,12H2,1-6H3,(H,20,21)/t13-,16-/m1/s1. The maximum absolute atomic E-state index is 12.1. The summed E-state index contributed by atoms with van der Waals surface area (Å²) in [6.07, 6.45) is -1.58. The Balaban J connectivity index is 2.69. The minimum atomic E-state index is -1.98. The molecule has 0 amide bonds. The number of esters is 1. The Morgan fingerprint density at radius 1 is 1.17 bits per heavy atom. The molecule has 6 heteroatoms. The molecule has 0 aliphatic carbocycles. The van der Waals surface area contributed by atoms with E-state index in [2.05, 4.69) is 33.9 Å². The molecule has 2 atom stereocenters. The lowest BCUT2D eigenvalue weighted by Crippen LogP contribution is -2.43. The molecule has 0 saturated heterocycles. The van der Waals surface area contributed by atoms with Crippen molar-refractivity contribution in [3.05, 3.63) is 35.9 Å². The molecule has 0 fully saturated rings. The van der Waals surface area contributed by atoms with Crippen LogP contribution in [0.25, 0.3) is 0 Å². The van der Waals surface area contributed by atoms with E-state index >= 15 is 0 Å². The molecular formula is C18H28O5Si. The Morgan fingerprint density at radius 3 is 2.17 bits per heavy atom. The summed E-state index contributed by atoms with van der Waals surface area (Å²) in [6, 6.07) is 8.45. The molecule has 0 unspecified atom stereocenters. The molecule has 1 aromatic carbocycles. The third kappa shape index (κ3) is 5.76. The topological polar surface area (TPSA) is 72.8 Å². The van der Waals surface area contributed by atoms with Crippen LogP contribution in [-0.4, -0.2) is 31.5 Å². The Labute approximate surface area is 145 Å². The smallest absolute Gasteiger partial charge is 0.349 e. The van der Waals surface area contributed by atoms with E-state index in [0.717, 1.165) is 0 Å². The molecule has 0 aliphatic rings. The Hall–Kier alpha value is -1.66. The van der Waals surface area contributed by atoms with Crippen molar-refractivity contribution in [1.82, 2.24) is 0 Å². The third-order valence-electron chi connectivity index (χ3n) is 4.33. The van der Waals surface area contributed by atoms with Crippen LogP contribution < -0.4 is 0 Å². The average Bonchev–Trinajstić information content (AvgIpc) is 2.43. The number of carboxylic acids is 1. The van der Waals surface area contributed by atoms with Crippen molar-refractivity contribution in [2.75, 3.05) is 0 Å². The van der Waals surface area contributed by atoms with E-state index in [1.165, 1.54) is 0 Å². The molecule has 0 spiro atoms. The largest absolute Gasteiger partial charge is 0.478 e. The van der Waals surface area contributed by atoms with Gasteiger partial charge in [0.2, 0.25) is 6.10 Å². The second-order valence-electron chi connectivity index (χ2n) is 7.51. The van der Waals surface area contributed by atoms with Crippen LogP contribution in [0.1, 0.15) is 45.8 Å². The Kier molecular flexibility index (Phi) is 6.74. The van der Waals surface area contributed by atoms with Gasteiger partial charge in [0.05, 0.1) is 12.5 Å². The van der Waals surface area contributed by atoms with Crippen LogP contribution in [0.3, 0.4) is 0 Å². The zero-order chi connectivity index (χ0) is 18.5. The van der Waals surface area contributed by atoms with Crippen molar-refractivity contribution < 1.29 is 23.9 Å². The Bertz CT molecular complexity index is 563. The van der Waals surface area contributed by atoms with Crippen LogP contribution in [-0.2, 0) is 18.8 Å². The van der Waals surface area contributed by atoms with Crippen molar-refractivity contribution in [2.24, 2.45) is 0 Å². The van der Waals surface area contributed by atoms with Crippen LogP contribution in [0.2, 0.25) is 18.1 Å². The van der Waals surface area contributed by atoms with Gasteiger partial charge in [-0.15, -0.1) is 0 Å². The summed E-state index contributed by atoms with van der Waals surface area (Å²) < 4.78 is 11.3. The average molecular weight is 353 g/mol. The first-order valence-corrected chi connectivity index (χ1v) is 11.0. The van der Waals surface area contributed by atoms with Gasteiger partial charge in [0, 0.05) is 5.56 Å². The van der Waals surface area contributed by atoms with Gasteiger partial charge < -0.3 is 14.3 Å². The third-order valence-corrected chi connectivity index (χ3v) is 8.94. The summed E-state index contributed by atoms with van der Waals surface area (Å²) in [4.78, 5) is 23.5. The lowest BCUT2D eigenvalue weighted by molar-refractivity contribution is -0.165. The van der Waals surface area contributed by atoms with Gasteiger partial charge in [0.15, 0.2) is 8.32 Å². The molecule has 0 saturated carbocycles.